The van der Waals surface area contributed by atoms with Gasteiger partial charge in [0, 0.05) is 43.8 Å². The highest BCUT2D eigenvalue weighted by Gasteiger charge is 2.24. The molecule has 1 atom stereocenters. The van der Waals surface area contributed by atoms with Crippen molar-refractivity contribution in [2.24, 2.45) is 0 Å². The number of hydrogen-bond acceptors (Lipinski definition) is 8. The van der Waals surface area contributed by atoms with Crippen LogP contribution >= 0.6 is 0 Å². The lowest BCUT2D eigenvalue weighted by Gasteiger charge is -2.19. The van der Waals surface area contributed by atoms with Gasteiger partial charge >= 0.3 is 0 Å². The van der Waals surface area contributed by atoms with E-state index in [9.17, 15) is 10.2 Å². The maximum atomic E-state index is 12.5. The van der Waals surface area contributed by atoms with Crippen molar-refractivity contribution in [1.82, 2.24) is 29.9 Å². The molecule has 0 amide bonds. The predicted octanol–water partition coefficient (Wildman–Crippen LogP) is 13.7. The fourth-order valence-corrected chi connectivity index (χ4v) is 8.99. The van der Waals surface area contributed by atoms with E-state index in [4.69, 9.17) is 19.9 Å². The number of pyridine rings is 2. The molecule has 6 aromatic carbocycles. The maximum Gasteiger partial charge on any atom is 0.134 e. The Morgan fingerprint density at radius 3 is 1.43 bits per heavy atom. The van der Waals surface area contributed by atoms with E-state index in [0.717, 1.165) is 86.6 Å². The van der Waals surface area contributed by atoms with Crippen molar-refractivity contribution in [3.8, 4) is 67.9 Å². The van der Waals surface area contributed by atoms with Crippen LogP contribution in [-0.2, 0) is 6.42 Å². The first-order valence-electron chi connectivity index (χ1n) is 21.8. The van der Waals surface area contributed by atoms with Crippen molar-refractivity contribution < 1.29 is 10.2 Å². The molecule has 0 saturated heterocycles. The summed E-state index contributed by atoms with van der Waals surface area (Å²) in [6, 6.07) is 44.5. The highest BCUT2D eigenvalue weighted by Crippen LogP contribution is 2.46. The third-order valence-electron chi connectivity index (χ3n) is 12.3. The van der Waals surface area contributed by atoms with E-state index < -0.39 is 0 Å². The van der Waals surface area contributed by atoms with Crippen LogP contribution in [0.5, 0.6) is 11.5 Å². The van der Waals surface area contributed by atoms with Crippen LogP contribution in [-0.4, -0.2) is 40.1 Å². The van der Waals surface area contributed by atoms with Crippen molar-refractivity contribution in [2.45, 2.75) is 58.8 Å². The molecule has 0 fully saturated rings. The molecule has 0 aliphatic carbocycles. The zero-order valence-corrected chi connectivity index (χ0v) is 35.5. The second-order valence-corrected chi connectivity index (χ2v) is 16.4. The fraction of sp³-hybridized carbons (Fsp3) is 0.164. The summed E-state index contributed by atoms with van der Waals surface area (Å²) < 4.78 is 0. The van der Waals surface area contributed by atoms with E-state index in [1.54, 1.807) is 12.7 Å². The standard InChI is InChI=1S/C55H46N6O2/c1-4-6-16-34-25-42(50-40-21-11-13-23-46(40)56-31-58-50)54(62)43(26-34)52-38-19-9-7-17-35(38)29-48(60-52)49-30-36-18-8-10-20-39(36)53(61-49)45-28-37(33(3)15-5-2)27-44(55(45)63)51-41-22-12-14-24-47(41)57-32-59-51/h7-14,17-33,62-63H,4-6,15-16H2,1-3H3/t33-/m0/s1. The number of para-hydroxylation sites is 2. The van der Waals surface area contributed by atoms with Crippen LogP contribution in [0.1, 0.15) is 63.5 Å². The number of phenolic OH excluding ortho intramolecular Hbond substituents is 2. The zero-order valence-electron chi connectivity index (χ0n) is 35.5. The minimum absolute atomic E-state index is 0.104. The van der Waals surface area contributed by atoms with Gasteiger partial charge in [0.2, 0.25) is 0 Å². The Labute approximate surface area is 366 Å². The van der Waals surface area contributed by atoms with Gasteiger partial charge in [-0.2, -0.15) is 0 Å². The van der Waals surface area contributed by atoms with E-state index in [2.05, 4.69) is 91.4 Å². The maximum absolute atomic E-state index is 12.5. The molecule has 0 radical (unpaired) electrons. The molecule has 0 saturated carbocycles. The number of aromatic hydroxyl groups is 2. The lowest BCUT2D eigenvalue weighted by Crippen LogP contribution is -2.00. The van der Waals surface area contributed by atoms with Crippen molar-refractivity contribution in [2.75, 3.05) is 0 Å². The summed E-state index contributed by atoms with van der Waals surface area (Å²) in [5, 5.41) is 30.4. The van der Waals surface area contributed by atoms with Crippen LogP contribution in [0.2, 0.25) is 0 Å². The van der Waals surface area contributed by atoms with Crippen molar-refractivity contribution in [1.29, 1.82) is 0 Å². The highest BCUT2D eigenvalue weighted by atomic mass is 16.3. The first-order valence-corrected chi connectivity index (χ1v) is 21.8. The van der Waals surface area contributed by atoms with Gasteiger partial charge in [-0.1, -0.05) is 119 Å². The average Bonchev–Trinajstić information content (AvgIpc) is 3.33. The van der Waals surface area contributed by atoms with E-state index in [0.29, 0.717) is 56.4 Å². The Morgan fingerprint density at radius 2 is 0.921 bits per heavy atom. The predicted molar refractivity (Wildman–Crippen MR) is 256 cm³/mol. The molecule has 8 nitrogen and oxygen atoms in total. The molecule has 2 N–H and O–H groups in total. The van der Waals surface area contributed by atoms with Gasteiger partial charge in [-0.3, -0.25) is 0 Å². The van der Waals surface area contributed by atoms with Gasteiger partial charge in [0.05, 0.1) is 45.2 Å². The van der Waals surface area contributed by atoms with Gasteiger partial charge in [0.1, 0.15) is 24.2 Å². The average molecular weight is 823 g/mol. The van der Waals surface area contributed by atoms with Crippen LogP contribution in [0.25, 0.3) is 99.8 Å². The summed E-state index contributed by atoms with van der Waals surface area (Å²) >= 11 is 0. The fourth-order valence-electron chi connectivity index (χ4n) is 8.99. The second-order valence-electron chi connectivity index (χ2n) is 16.4. The summed E-state index contributed by atoms with van der Waals surface area (Å²) in [6.07, 6.45) is 7.97. The van der Waals surface area contributed by atoms with Crippen LogP contribution in [0.4, 0.5) is 0 Å². The summed E-state index contributed by atoms with van der Waals surface area (Å²) in [7, 11) is 0. The number of nitrogens with zero attached hydrogens (tertiary/aromatic N) is 6. The lowest BCUT2D eigenvalue weighted by atomic mass is 9.89. The van der Waals surface area contributed by atoms with Crippen LogP contribution in [0.3, 0.4) is 0 Å². The molecule has 4 heterocycles. The second kappa shape index (κ2) is 16.7. The molecule has 8 heteroatoms. The number of unbranched alkanes of at least 4 members (excludes halogenated alkanes) is 1. The third-order valence-corrected chi connectivity index (χ3v) is 12.3. The largest absolute Gasteiger partial charge is 0.507 e. The number of aromatic nitrogens is 6. The number of hydrogen-bond donors (Lipinski definition) is 2. The Kier molecular flexibility index (Phi) is 10.5. The van der Waals surface area contributed by atoms with E-state index in [1.165, 1.54) is 0 Å². The summed E-state index contributed by atoms with van der Waals surface area (Å²) in [5.41, 5.74) is 10.2. The molecule has 4 aromatic heterocycles. The quantitative estimate of drug-likeness (QED) is 0.132. The number of aryl methyl sites for hydroxylation is 1. The highest BCUT2D eigenvalue weighted by molar-refractivity contribution is 6.04. The molecule has 308 valence electrons. The smallest absolute Gasteiger partial charge is 0.134 e. The number of rotatable bonds is 11. The normalized spacial score (nSPS) is 12.1. The van der Waals surface area contributed by atoms with Gasteiger partial charge in [-0.25, -0.2) is 29.9 Å². The molecule has 0 bridgehead atoms. The van der Waals surface area contributed by atoms with Crippen LogP contribution in [0.15, 0.2) is 146 Å². The molecule has 0 spiro atoms. The number of benzene rings is 6. The Morgan fingerprint density at radius 1 is 0.476 bits per heavy atom. The molecule has 10 aromatic rings. The Balaban J connectivity index is 1.21. The third kappa shape index (κ3) is 7.27. The number of phenols is 2. The molecule has 0 aliphatic rings. The minimum atomic E-state index is 0.104. The molecular formula is C55H46N6O2. The van der Waals surface area contributed by atoms with Gasteiger partial charge in [0.15, 0.2) is 0 Å². The van der Waals surface area contributed by atoms with Gasteiger partial charge in [-0.15, -0.1) is 0 Å². The zero-order chi connectivity index (χ0) is 43.0. The Hall–Kier alpha value is -7.58. The molecular weight excluding hydrogens is 777 g/mol. The first kappa shape index (κ1) is 39.5. The molecule has 63 heavy (non-hydrogen) atoms. The van der Waals surface area contributed by atoms with E-state index in [1.807, 2.05) is 72.8 Å². The number of fused-ring (bicyclic) bond motifs is 4. The van der Waals surface area contributed by atoms with E-state index >= 15 is 0 Å². The van der Waals surface area contributed by atoms with Gasteiger partial charge in [-0.05, 0) is 95.6 Å². The lowest BCUT2D eigenvalue weighted by molar-refractivity contribution is 0.478. The summed E-state index contributed by atoms with van der Waals surface area (Å²) in [6.45, 7) is 6.61. The van der Waals surface area contributed by atoms with Gasteiger partial charge in [0.25, 0.3) is 0 Å². The minimum Gasteiger partial charge on any atom is -0.507 e. The Bertz CT molecular complexity index is 3350. The van der Waals surface area contributed by atoms with Crippen molar-refractivity contribution in [3.05, 3.63) is 157 Å². The monoisotopic (exact) mass is 822 g/mol. The summed E-state index contributed by atoms with van der Waals surface area (Å²) in [5.74, 6) is 0.423. The molecule has 0 unspecified atom stereocenters. The molecule has 0 aliphatic heterocycles. The van der Waals surface area contributed by atoms with Crippen molar-refractivity contribution >= 4 is 43.4 Å². The van der Waals surface area contributed by atoms with E-state index in [-0.39, 0.29) is 17.4 Å². The summed E-state index contributed by atoms with van der Waals surface area (Å²) in [4.78, 5) is 29.4. The van der Waals surface area contributed by atoms with Gasteiger partial charge < -0.3 is 10.2 Å². The van der Waals surface area contributed by atoms with Crippen LogP contribution < -0.4 is 0 Å². The first-order chi connectivity index (χ1) is 30.9. The van der Waals surface area contributed by atoms with Crippen molar-refractivity contribution in [3.63, 3.8) is 0 Å². The molecule has 10 rings (SSSR count). The topological polar surface area (TPSA) is 118 Å². The SMILES string of the molecule is CCCCc1cc(-c2nc(-c3cc4ccccc4c(-c4cc([C@@H](C)CCC)cc(-c5ncnc6ccccc56)c4O)n3)cc3ccccc23)c(O)c(-c2ncnc3ccccc23)c1. The van der Waals surface area contributed by atoms with Crippen LogP contribution in [0, 0.1) is 0 Å².